The third-order valence-electron chi connectivity index (χ3n) is 2.90. The Labute approximate surface area is 99.4 Å². The van der Waals surface area contributed by atoms with Crippen molar-refractivity contribution in [1.82, 2.24) is 9.97 Å². The van der Waals surface area contributed by atoms with Crippen LogP contribution in [0.5, 0.6) is 0 Å². The van der Waals surface area contributed by atoms with Gasteiger partial charge < -0.3 is 14.1 Å². The molecule has 0 bridgehead atoms. The van der Waals surface area contributed by atoms with Gasteiger partial charge in [-0.3, -0.25) is 0 Å². The highest BCUT2D eigenvalue weighted by molar-refractivity contribution is 5.84. The summed E-state index contributed by atoms with van der Waals surface area (Å²) in [6.07, 6.45) is 0. The number of aryl methyl sites for hydroxylation is 2. The summed E-state index contributed by atoms with van der Waals surface area (Å²) in [5.41, 5.74) is 1.67. The van der Waals surface area contributed by atoms with Gasteiger partial charge in [0.15, 0.2) is 11.4 Å². The maximum atomic E-state index is 5.70. The molecule has 5 heteroatoms. The summed E-state index contributed by atoms with van der Waals surface area (Å²) in [5, 5.41) is 0. The van der Waals surface area contributed by atoms with Crippen molar-refractivity contribution < 1.29 is 9.15 Å². The van der Waals surface area contributed by atoms with Crippen LogP contribution in [0.25, 0.3) is 11.1 Å². The van der Waals surface area contributed by atoms with Crippen molar-refractivity contribution in [3.63, 3.8) is 0 Å². The maximum Gasteiger partial charge on any atom is 0.195 e. The molecule has 0 radical (unpaired) electrons. The fourth-order valence-electron chi connectivity index (χ4n) is 2.14. The number of nitrogens with zero attached hydrogens (tertiary/aromatic N) is 3. The van der Waals surface area contributed by atoms with Crippen LogP contribution < -0.4 is 4.90 Å². The molecule has 0 N–H and O–H groups in total. The van der Waals surface area contributed by atoms with E-state index in [2.05, 4.69) is 14.9 Å². The second kappa shape index (κ2) is 4.00. The lowest BCUT2D eigenvalue weighted by molar-refractivity contribution is 0.122. The number of hydrogen-bond donors (Lipinski definition) is 0. The van der Waals surface area contributed by atoms with Gasteiger partial charge in [0, 0.05) is 19.2 Å². The predicted molar refractivity (Wildman–Crippen MR) is 64.3 cm³/mol. The van der Waals surface area contributed by atoms with Crippen molar-refractivity contribution in [3.05, 3.63) is 17.7 Å². The molecular weight excluding hydrogens is 218 g/mol. The van der Waals surface area contributed by atoms with Crippen LogP contribution in [0, 0.1) is 13.8 Å². The van der Waals surface area contributed by atoms with Gasteiger partial charge in [-0.1, -0.05) is 0 Å². The van der Waals surface area contributed by atoms with E-state index < -0.39 is 0 Å². The highest BCUT2D eigenvalue weighted by Gasteiger charge is 2.19. The minimum absolute atomic E-state index is 0.740. The molecule has 1 aliphatic heterocycles. The van der Waals surface area contributed by atoms with E-state index in [1.165, 1.54) is 0 Å². The van der Waals surface area contributed by atoms with Crippen molar-refractivity contribution in [1.29, 1.82) is 0 Å². The molecule has 2 aromatic heterocycles. The van der Waals surface area contributed by atoms with Crippen LogP contribution in [0.2, 0.25) is 0 Å². The molecule has 0 spiro atoms. The second-order valence-electron chi connectivity index (χ2n) is 4.27. The predicted octanol–water partition coefficient (Wildman–Crippen LogP) is 1.68. The lowest BCUT2D eigenvalue weighted by atomic mass is 10.3. The lowest BCUT2D eigenvalue weighted by Gasteiger charge is -2.27. The number of aromatic nitrogens is 2. The lowest BCUT2D eigenvalue weighted by Crippen LogP contribution is -2.37. The van der Waals surface area contributed by atoms with Crippen LogP contribution in [0.4, 0.5) is 5.82 Å². The molecule has 2 aromatic rings. The maximum absolute atomic E-state index is 5.70. The van der Waals surface area contributed by atoms with Gasteiger partial charge in [0.25, 0.3) is 0 Å². The molecule has 0 amide bonds. The number of ether oxygens (including phenoxy) is 1. The molecule has 1 aliphatic rings. The Hall–Kier alpha value is -1.62. The summed E-state index contributed by atoms with van der Waals surface area (Å²) in [6, 6.07) is 1.95. The summed E-state index contributed by atoms with van der Waals surface area (Å²) in [6.45, 7) is 7.02. The van der Waals surface area contributed by atoms with Gasteiger partial charge in [-0.15, -0.1) is 0 Å². The highest BCUT2D eigenvalue weighted by atomic mass is 16.5. The number of hydrogen-bond acceptors (Lipinski definition) is 5. The van der Waals surface area contributed by atoms with Gasteiger partial charge in [-0.25, -0.2) is 9.97 Å². The first-order valence-corrected chi connectivity index (χ1v) is 5.81. The van der Waals surface area contributed by atoms with E-state index in [-0.39, 0.29) is 0 Å². The third-order valence-corrected chi connectivity index (χ3v) is 2.90. The van der Waals surface area contributed by atoms with E-state index in [0.29, 0.717) is 0 Å². The van der Waals surface area contributed by atoms with Gasteiger partial charge in [0.2, 0.25) is 0 Å². The number of anilines is 1. The molecule has 5 nitrogen and oxygen atoms in total. The molecule has 0 saturated carbocycles. The third kappa shape index (κ3) is 1.86. The number of fused-ring (bicyclic) bond motifs is 1. The van der Waals surface area contributed by atoms with Crippen LogP contribution in [-0.4, -0.2) is 36.3 Å². The summed E-state index contributed by atoms with van der Waals surface area (Å²) < 4.78 is 11.1. The first-order chi connectivity index (χ1) is 8.24. The summed E-state index contributed by atoms with van der Waals surface area (Å²) in [4.78, 5) is 11.1. The van der Waals surface area contributed by atoms with Crippen LogP contribution >= 0.6 is 0 Å². The fraction of sp³-hybridized carbons (Fsp3) is 0.500. The van der Waals surface area contributed by atoms with E-state index in [1.807, 2.05) is 19.9 Å². The van der Waals surface area contributed by atoms with Crippen LogP contribution in [0.15, 0.2) is 10.5 Å². The molecule has 0 aliphatic carbocycles. The van der Waals surface area contributed by atoms with E-state index in [9.17, 15) is 0 Å². The molecule has 1 fully saturated rings. The number of rotatable bonds is 1. The van der Waals surface area contributed by atoms with E-state index in [0.717, 1.165) is 54.8 Å². The zero-order chi connectivity index (χ0) is 11.8. The largest absolute Gasteiger partial charge is 0.456 e. The van der Waals surface area contributed by atoms with Crippen LogP contribution in [-0.2, 0) is 4.74 Å². The quantitative estimate of drug-likeness (QED) is 0.750. The molecule has 3 rings (SSSR count). The SMILES string of the molecule is Cc1nc(N2CCOCC2)c2oc(C)cc2n1. The van der Waals surface area contributed by atoms with Gasteiger partial charge >= 0.3 is 0 Å². The van der Waals surface area contributed by atoms with Crippen LogP contribution in [0.3, 0.4) is 0 Å². The Bertz CT molecular complexity index is 544. The molecule has 0 unspecified atom stereocenters. The Morgan fingerprint density at radius 3 is 2.71 bits per heavy atom. The van der Waals surface area contributed by atoms with E-state index in [1.54, 1.807) is 0 Å². The Kier molecular flexibility index (Phi) is 2.48. The highest BCUT2D eigenvalue weighted by Crippen LogP contribution is 2.27. The van der Waals surface area contributed by atoms with Crippen molar-refractivity contribution in [2.75, 3.05) is 31.2 Å². The first-order valence-electron chi connectivity index (χ1n) is 5.81. The average molecular weight is 233 g/mol. The van der Waals surface area contributed by atoms with Crippen molar-refractivity contribution >= 4 is 16.9 Å². The van der Waals surface area contributed by atoms with Crippen molar-refractivity contribution in [2.24, 2.45) is 0 Å². The number of morpholine rings is 1. The molecule has 17 heavy (non-hydrogen) atoms. The molecule has 3 heterocycles. The topological polar surface area (TPSA) is 51.4 Å². The molecule has 0 aromatic carbocycles. The van der Waals surface area contributed by atoms with Gasteiger partial charge in [0.05, 0.1) is 13.2 Å². The Morgan fingerprint density at radius 2 is 1.94 bits per heavy atom. The normalized spacial score (nSPS) is 16.7. The van der Waals surface area contributed by atoms with Gasteiger partial charge in [0.1, 0.15) is 17.1 Å². The molecule has 90 valence electrons. The minimum Gasteiger partial charge on any atom is -0.456 e. The molecule has 0 atom stereocenters. The monoisotopic (exact) mass is 233 g/mol. The fourth-order valence-corrected chi connectivity index (χ4v) is 2.14. The minimum atomic E-state index is 0.740. The second-order valence-corrected chi connectivity index (χ2v) is 4.27. The summed E-state index contributed by atoms with van der Waals surface area (Å²) in [5.74, 6) is 2.54. The average Bonchev–Trinajstić information content (AvgIpc) is 2.69. The number of furan rings is 1. The van der Waals surface area contributed by atoms with E-state index in [4.69, 9.17) is 9.15 Å². The summed E-state index contributed by atoms with van der Waals surface area (Å²) >= 11 is 0. The summed E-state index contributed by atoms with van der Waals surface area (Å²) in [7, 11) is 0. The first kappa shape index (κ1) is 10.5. The van der Waals surface area contributed by atoms with Crippen molar-refractivity contribution in [2.45, 2.75) is 13.8 Å². The Morgan fingerprint density at radius 1 is 1.18 bits per heavy atom. The van der Waals surface area contributed by atoms with Crippen molar-refractivity contribution in [3.8, 4) is 0 Å². The van der Waals surface area contributed by atoms with Gasteiger partial charge in [-0.05, 0) is 13.8 Å². The smallest absolute Gasteiger partial charge is 0.195 e. The van der Waals surface area contributed by atoms with E-state index >= 15 is 0 Å². The van der Waals surface area contributed by atoms with Crippen LogP contribution in [0.1, 0.15) is 11.6 Å². The molecular formula is C12H15N3O2. The standard InChI is InChI=1S/C12H15N3O2/c1-8-7-10-11(17-8)12(14-9(2)13-10)15-3-5-16-6-4-15/h7H,3-6H2,1-2H3. The zero-order valence-electron chi connectivity index (χ0n) is 10.1. The molecule has 1 saturated heterocycles. The zero-order valence-corrected chi connectivity index (χ0v) is 10.1. The Balaban J connectivity index is 2.12. The van der Waals surface area contributed by atoms with Gasteiger partial charge in [-0.2, -0.15) is 0 Å².